The number of carbonyl (C=O) groups is 1. The van der Waals surface area contributed by atoms with Crippen LogP contribution in [0.5, 0.6) is 0 Å². The average Bonchev–Trinajstić information content (AvgIpc) is 2.43. The quantitative estimate of drug-likeness (QED) is 0.810. The fourth-order valence-electron chi connectivity index (χ4n) is 1.85. The first kappa shape index (κ1) is 15.7. The highest BCUT2D eigenvalue weighted by Gasteiger charge is 2.13. The maximum Gasteiger partial charge on any atom is 0.175 e. The second-order valence-electron chi connectivity index (χ2n) is 4.61. The van der Waals surface area contributed by atoms with Gasteiger partial charge in [-0.3, -0.25) is 4.79 Å². The van der Waals surface area contributed by atoms with Crippen LogP contribution in [0.3, 0.4) is 0 Å². The predicted octanol–water partition coefficient (Wildman–Crippen LogP) is 3.31. The van der Waals surface area contributed by atoms with E-state index >= 15 is 0 Å². The molecule has 0 aromatic heterocycles. The second-order valence-corrected chi connectivity index (χ2v) is 7.03. The van der Waals surface area contributed by atoms with Gasteiger partial charge in [-0.2, -0.15) is 0 Å². The first-order valence-electron chi connectivity index (χ1n) is 6.05. The van der Waals surface area contributed by atoms with Crippen LogP contribution in [-0.2, 0) is 16.3 Å². The minimum Gasteiger partial charge on any atom is -0.294 e. The van der Waals surface area contributed by atoms with Gasteiger partial charge in [0.2, 0.25) is 0 Å². The summed E-state index contributed by atoms with van der Waals surface area (Å²) in [6.07, 6.45) is 0.954. The number of Topliss-reactive ketones (excluding diaryl/α,β-unsaturated/α-hetero) is 1. The summed E-state index contributed by atoms with van der Waals surface area (Å²) < 4.78 is 36.4. The van der Waals surface area contributed by atoms with Crippen molar-refractivity contribution >= 4 is 27.2 Å². The molecule has 0 bridgehead atoms. The fraction of sp³-hybridized carbons (Fsp3) is 0.133. The van der Waals surface area contributed by atoms with Crippen LogP contribution >= 0.6 is 11.6 Å². The summed E-state index contributed by atoms with van der Waals surface area (Å²) in [6, 6.07) is 10.0. The molecule has 2 aromatic rings. The van der Waals surface area contributed by atoms with Gasteiger partial charge >= 0.3 is 0 Å². The molecule has 0 aliphatic carbocycles. The van der Waals surface area contributed by atoms with E-state index in [1.165, 1.54) is 36.4 Å². The zero-order valence-corrected chi connectivity index (χ0v) is 12.7. The van der Waals surface area contributed by atoms with Gasteiger partial charge in [0.05, 0.1) is 9.92 Å². The second kappa shape index (κ2) is 5.95. The minimum atomic E-state index is -3.31. The Balaban J connectivity index is 2.23. The normalized spacial score (nSPS) is 11.4. The van der Waals surface area contributed by atoms with Gasteiger partial charge in [0.15, 0.2) is 15.6 Å². The summed E-state index contributed by atoms with van der Waals surface area (Å²) >= 11 is 5.66. The summed E-state index contributed by atoms with van der Waals surface area (Å²) in [7, 11) is -3.31. The molecule has 0 unspecified atom stereocenters. The van der Waals surface area contributed by atoms with Crippen molar-refractivity contribution in [1.29, 1.82) is 0 Å². The summed E-state index contributed by atoms with van der Waals surface area (Å²) in [5, 5.41) is -0.0345. The third-order valence-corrected chi connectivity index (χ3v) is 4.41. The molecule has 0 N–H and O–H groups in total. The number of halogens is 2. The molecule has 0 saturated heterocycles. The van der Waals surface area contributed by atoms with E-state index in [2.05, 4.69) is 0 Å². The Kier molecular flexibility index (Phi) is 4.44. The predicted molar refractivity (Wildman–Crippen MR) is 79.0 cm³/mol. The lowest BCUT2D eigenvalue weighted by atomic mass is 10.0. The van der Waals surface area contributed by atoms with Gasteiger partial charge in [0.25, 0.3) is 0 Å². The highest BCUT2D eigenvalue weighted by molar-refractivity contribution is 7.90. The van der Waals surface area contributed by atoms with Gasteiger partial charge in [-0.1, -0.05) is 35.9 Å². The number of rotatable bonds is 4. The molecular weight excluding hydrogens is 315 g/mol. The van der Waals surface area contributed by atoms with E-state index in [0.29, 0.717) is 5.56 Å². The molecule has 3 nitrogen and oxygen atoms in total. The van der Waals surface area contributed by atoms with E-state index in [4.69, 9.17) is 11.6 Å². The van der Waals surface area contributed by atoms with E-state index in [1.807, 2.05) is 0 Å². The number of benzene rings is 2. The Morgan fingerprint density at radius 2 is 1.76 bits per heavy atom. The Morgan fingerprint density at radius 3 is 2.33 bits per heavy atom. The Hall–Kier alpha value is -1.72. The molecule has 0 saturated carbocycles. The van der Waals surface area contributed by atoms with E-state index < -0.39 is 15.7 Å². The van der Waals surface area contributed by atoms with E-state index in [1.54, 1.807) is 6.07 Å². The van der Waals surface area contributed by atoms with E-state index in [-0.39, 0.29) is 27.7 Å². The molecule has 0 atom stereocenters. The third kappa shape index (κ3) is 3.68. The van der Waals surface area contributed by atoms with Gasteiger partial charge in [-0.05, 0) is 23.8 Å². The first-order valence-corrected chi connectivity index (χ1v) is 8.32. The first-order chi connectivity index (χ1) is 9.79. The van der Waals surface area contributed by atoms with Crippen LogP contribution in [0.1, 0.15) is 15.9 Å². The molecule has 110 valence electrons. The van der Waals surface area contributed by atoms with Gasteiger partial charge in [-0.15, -0.1) is 0 Å². The SMILES string of the molecule is CS(=O)(=O)c1ccc(C(=O)Cc2cccc(Cl)c2F)cc1. The Morgan fingerprint density at radius 1 is 1.14 bits per heavy atom. The average molecular weight is 327 g/mol. The zero-order chi connectivity index (χ0) is 15.6. The summed E-state index contributed by atoms with van der Waals surface area (Å²) in [6.45, 7) is 0. The van der Waals surface area contributed by atoms with Crippen molar-refractivity contribution in [3.63, 3.8) is 0 Å². The standard InChI is InChI=1S/C15H12ClFO3S/c1-21(19,20)12-7-5-10(6-8-12)14(18)9-11-3-2-4-13(16)15(11)17/h2-8H,9H2,1H3. The molecule has 0 aliphatic rings. The smallest absolute Gasteiger partial charge is 0.175 e. The number of sulfone groups is 1. The number of carbonyl (C=O) groups excluding carboxylic acids is 1. The van der Waals surface area contributed by atoms with Crippen LogP contribution in [-0.4, -0.2) is 20.5 Å². The van der Waals surface area contributed by atoms with Crippen molar-refractivity contribution in [2.24, 2.45) is 0 Å². The van der Waals surface area contributed by atoms with Crippen LogP contribution in [0.2, 0.25) is 5.02 Å². The molecule has 0 aliphatic heterocycles. The summed E-state index contributed by atoms with van der Waals surface area (Å²) in [5.74, 6) is -0.920. The molecule has 0 fully saturated rings. The monoisotopic (exact) mass is 326 g/mol. The zero-order valence-electron chi connectivity index (χ0n) is 11.1. The molecule has 6 heteroatoms. The lowest BCUT2D eigenvalue weighted by Crippen LogP contribution is -2.06. The molecule has 0 amide bonds. The van der Waals surface area contributed by atoms with Gasteiger partial charge < -0.3 is 0 Å². The van der Waals surface area contributed by atoms with Crippen LogP contribution in [0.15, 0.2) is 47.4 Å². The van der Waals surface area contributed by atoms with Crippen molar-refractivity contribution in [1.82, 2.24) is 0 Å². The largest absolute Gasteiger partial charge is 0.294 e. The Labute approximate surface area is 127 Å². The van der Waals surface area contributed by atoms with Crippen LogP contribution in [0.4, 0.5) is 4.39 Å². The van der Waals surface area contributed by atoms with Crippen molar-refractivity contribution in [2.45, 2.75) is 11.3 Å². The lowest BCUT2D eigenvalue weighted by Gasteiger charge is -2.05. The van der Waals surface area contributed by atoms with Crippen LogP contribution < -0.4 is 0 Å². The van der Waals surface area contributed by atoms with Crippen molar-refractivity contribution < 1.29 is 17.6 Å². The fourth-order valence-corrected chi connectivity index (χ4v) is 2.67. The van der Waals surface area contributed by atoms with Gasteiger partial charge in [-0.25, -0.2) is 12.8 Å². The van der Waals surface area contributed by atoms with Crippen molar-refractivity contribution in [3.05, 3.63) is 64.4 Å². The van der Waals surface area contributed by atoms with Crippen LogP contribution in [0.25, 0.3) is 0 Å². The molecule has 0 radical (unpaired) electrons. The van der Waals surface area contributed by atoms with Crippen LogP contribution in [0, 0.1) is 5.82 Å². The molecule has 21 heavy (non-hydrogen) atoms. The van der Waals surface area contributed by atoms with Gasteiger partial charge in [0, 0.05) is 18.2 Å². The maximum absolute atomic E-state index is 13.7. The molecule has 2 aromatic carbocycles. The van der Waals surface area contributed by atoms with E-state index in [0.717, 1.165) is 6.26 Å². The molecule has 0 spiro atoms. The highest BCUT2D eigenvalue weighted by atomic mass is 35.5. The van der Waals surface area contributed by atoms with Crippen molar-refractivity contribution in [3.8, 4) is 0 Å². The highest BCUT2D eigenvalue weighted by Crippen LogP contribution is 2.20. The molecule has 0 heterocycles. The molecular formula is C15H12ClFO3S. The third-order valence-electron chi connectivity index (χ3n) is 2.99. The van der Waals surface area contributed by atoms with Crippen molar-refractivity contribution in [2.75, 3.05) is 6.26 Å². The Bertz CT molecular complexity index is 783. The maximum atomic E-state index is 13.7. The van der Waals surface area contributed by atoms with Gasteiger partial charge in [0.1, 0.15) is 5.82 Å². The lowest BCUT2D eigenvalue weighted by molar-refractivity contribution is 0.0991. The topological polar surface area (TPSA) is 51.2 Å². The van der Waals surface area contributed by atoms with E-state index in [9.17, 15) is 17.6 Å². The number of hydrogen-bond acceptors (Lipinski definition) is 3. The summed E-state index contributed by atoms with van der Waals surface area (Å²) in [5.41, 5.74) is 0.529. The minimum absolute atomic E-state index is 0.0345. The number of ketones is 1. The summed E-state index contributed by atoms with van der Waals surface area (Å²) in [4.78, 5) is 12.2. The molecule has 2 rings (SSSR count). The number of hydrogen-bond donors (Lipinski definition) is 0.